The summed E-state index contributed by atoms with van der Waals surface area (Å²) in [7, 11) is 0. The molecule has 1 N–H and O–H groups in total. The summed E-state index contributed by atoms with van der Waals surface area (Å²) in [5, 5.41) is 2.68. The molecule has 0 radical (unpaired) electrons. The molecule has 1 fully saturated rings. The molecule has 0 spiro atoms. The van der Waals surface area contributed by atoms with Crippen LogP contribution in [0.2, 0.25) is 0 Å². The van der Waals surface area contributed by atoms with Gasteiger partial charge in [-0.2, -0.15) is 0 Å². The van der Waals surface area contributed by atoms with Crippen molar-refractivity contribution in [2.24, 2.45) is 0 Å². The average molecular weight is 383 g/mol. The standard InChI is InChI=1S/C21H22FN3O3/c1-15-4-2-3-5-17(15)13-24-10-11-25(21(28)20(24)27)14-19(26)23-12-16-6-8-18(22)9-7-16/h2-9H,10-14H2,1H3,(H,23,26). The number of piperazine rings is 1. The number of carbonyl (C=O) groups excluding carboxylic acids is 3. The number of halogens is 1. The van der Waals surface area contributed by atoms with Gasteiger partial charge in [0.2, 0.25) is 5.91 Å². The number of carbonyl (C=O) groups is 3. The molecule has 0 saturated carbocycles. The van der Waals surface area contributed by atoms with Crippen LogP contribution in [-0.2, 0) is 27.5 Å². The Morgan fingerprint density at radius 3 is 2.36 bits per heavy atom. The SMILES string of the molecule is Cc1ccccc1CN1CCN(CC(=O)NCc2ccc(F)cc2)C(=O)C1=O. The van der Waals surface area contributed by atoms with E-state index in [4.69, 9.17) is 0 Å². The highest BCUT2D eigenvalue weighted by Gasteiger charge is 2.33. The van der Waals surface area contributed by atoms with Crippen molar-refractivity contribution in [1.82, 2.24) is 15.1 Å². The average Bonchev–Trinajstić information content (AvgIpc) is 2.69. The van der Waals surface area contributed by atoms with E-state index in [1.165, 1.54) is 21.9 Å². The molecule has 1 saturated heterocycles. The minimum atomic E-state index is -0.670. The second-order valence-corrected chi connectivity index (χ2v) is 6.78. The summed E-state index contributed by atoms with van der Waals surface area (Å²) < 4.78 is 12.9. The molecule has 0 aliphatic carbocycles. The fourth-order valence-corrected chi connectivity index (χ4v) is 3.04. The molecule has 2 aromatic carbocycles. The molecule has 3 amide bonds. The van der Waals surface area contributed by atoms with Crippen LogP contribution >= 0.6 is 0 Å². The van der Waals surface area contributed by atoms with Crippen molar-refractivity contribution in [3.8, 4) is 0 Å². The highest BCUT2D eigenvalue weighted by Crippen LogP contribution is 2.14. The first-order valence-corrected chi connectivity index (χ1v) is 9.08. The van der Waals surface area contributed by atoms with Gasteiger partial charge in [0, 0.05) is 26.2 Å². The van der Waals surface area contributed by atoms with Crippen LogP contribution in [0.15, 0.2) is 48.5 Å². The van der Waals surface area contributed by atoms with E-state index in [-0.39, 0.29) is 24.8 Å². The van der Waals surface area contributed by atoms with Crippen LogP contribution in [0, 0.1) is 12.7 Å². The van der Waals surface area contributed by atoms with Gasteiger partial charge in [-0.05, 0) is 35.7 Å². The van der Waals surface area contributed by atoms with Gasteiger partial charge in [-0.15, -0.1) is 0 Å². The summed E-state index contributed by atoms with van der Waals surface area (Å²) in [5.74, 6) is -1.97. The van der Waals surface area contributed by atoms with E-state index in [9.17, 15) is 18.8 Å². The van der Waals surface area contributed by atoms with E-state index in [0.29, 0.717) is 19.6 Å². The van der Waals surface area contributed by atoms with Gasteiger partial charge < -0.3 is 15.1 Å². The fourth-order valence-electron chi connectivity index (χ4n) is 3.04. The Morgan fingerprint density at radius 1 is 1.00 bits per heavy atom. The molecule has 0 aromatic heterocycles. The molecule has 0 atom stereocenters. The summed E-state index contributed by atoms with van der Waals surface area (Å²) in [6, 6.07) is 13.5. The lowest BCUT2D eigenvalue weighted by Gasteiger charge is -2.33. The molecule has 0 bridgehead atoms. The molecule has 7 heteroatoms. The lowest BCUT2D eigenvalue weighted by Crippen LogP contribution is -2.55. The summed E-state index contributed by atoms with van der Waals surface area (Å²) in [5.41, 5.74) is 2.81. The summed E-state index contributed by atoms with van der Waals surface area (Å²) in [4.78, 5) is 39.7. The number of nitrogens with zero attached hydrogens (tertiary/aromatic N) is 2. The number of aryl methyl sites for hydroxylation is 1. The Morgan fingerprint density at radius 2 is 1.64 bits per heavy atom. The molecule has 2 aromatic rings. The minimum Gasteiger partial charge on any atom is -0.350 e. The van der Waals surface area contributed by atoms with Crippen molar-refractivity contribution < 1.29 is 18.8 Å². The fraction of sp³-hybridized carbons (Fsp3) is 0.286. The second kappa shape index (κ2) is 8.65. The van der Waals surface area contributed by atoms with Crippen LogP contribution in [0.1, 0.15) is 16.7 Å². The van der Waals surface area contributed by atoms with E-state index in [2.05, 4.69) is 5.32 Å². The van der Waals surface area contributed by atoms with Crippen LogP contribution in [0.3, 0.4) is 0 Å². The third-order valence-corrected chi connectivity index (χ3v) is 4.76. The van der Waals surface area contributed by atoms with Crippen molar-refractivity contribution in [1.29, 1.82) is 0 Å². The van der Waals surface area contributed by atoms with Crippen molar-refractivity contribution in [2.75, 3.05) is 19.6 Å². The molecule has 3 rings (SSSR count). The maximum atomic E-state index is 12.9. The highest BCUT2D eigenvalue weighted by atomic mass is 19.1. The van der Waals surface area contributed by atoms with Gasteiger partial charge in [0.1, 0.15) is 12.4 Å². The first-order valence-electron chi connectivity index (χ1n) is 9.08. The zero-order valence-corrected chi connectivity index (χ0v) is 15.7. The zero-order chi connectivity index (χ0) is 20.1. The smallest absolute Gasteiger partial charge is 0.312 e. The van der Waals surface area contributed by atoms with Crippen molar-refractivity contribution in [3.63, 3.8) is 0 Å². The lowest BCUT2D eigenvalue weighted by molar-refractivity contribution is -0.157. The lowest BCUT2D eigenvalue weighted by atomic mass is 10.1. The minimum absolute atomic E-state index is 0.177. The van der Waals surface area contributed by atoms with Crippen molar-refractivity contribution in [2.45, 2.75) is 20.0 Å². The Bertz CT molecular complexity index is 883. The number of rotatable bonds is 6. The van der Waals surface area contributed by atoms with Crippen molar-refractivity contribution >= 4 is 17.7 Å². The monoisotopic (exact) mass is 383 g/mol. The van der Waals surface area contributed by atoms with E-state index in [1.807, 2.05) is 31.2 Å². The third kappa shape index (κ3) is 4.73. The molecule has 1 heterocycles. The molecule has 28 heavy (non-hydrogen) atoms. The van der Waals surface area contributed by atoms with Gasteiger partial charge >= 0.3 is 11.8 Å². The number of benzene rings is 2. The van der Waals surface area contributed by atoms with E-state index in [0.717, 1.165) is 16.7 Å². The van der Waals surface area contributed by atoms with Gasteiger partial charge in [-0.1, -0.05) is 36.4 Å². The number of nitrogens with one attached hydrogen (secondary N) is 1. The highest BCUT2D eigenvalue weighted by molar-refractivity contribution is 6.35. The largest absolute Gasteiger partial charge is 0.350 e. The molecular weight excluding hydrogens is 361 g/mol. The molecule has 1 aliphatic rings. The van der Waals surface area contributed by atoms with Gasteiger partial charge in [0.05, 0.1) is 0 Å². The topological polar surface area (TPSA) is 69.7 Å². The van der Waals surface area contributed by atoms with Gasteiger partial charge in [0.25, 0.3) is 0 Å². The maximum Gasteiger partial charge on any atom is 0.312 e. The van der Waals surface area contributed by atoms with Crippen LogP contribution in [-0.4, -0.2) is 47.2 Å². The normalized spacial score (nSPS) is 14.4. The van der Waals surface area contributed by atoms with Crippen LogP contribution in [0.5, 0.6) is 0 Å². The van der Waals surface area contributed by atoms with Gasteiger partial charge in [0.15, 0.2) is 0 Å². The first-order chi connectivity index (χ1) is 13.4. The Labute approximate surface area is 162 Å². The third-order valence-electron chi connectivity index (χ3n) is 4.76. The van der Waals surface area contributed by atoms with Gasteiger partial charge in [-0.25, -0.2) is 4.39 Å². The second-order valence-electron chi connectivity index (χ2n) is 6.78. The zero-order valence-electron chi connectivity index (χ0n) is 15.7. The first kappa shape index (κ1) is 19.5. The van der Waals surface area contributed by atoms with E-state index < -0.39 is 11.8 Å². The van der Waals surface area contributed by atoms with Crippen LogP contribution in [0.4, 0.5) is 4.39 Å². The number of hydrogen-bond acceptors (Lipinski definition) is 3. The Balaban J connectivity index is 1.52. The summed E-state index contributed by atoms with van der Waals surface area (Å²) >= 11 is 0. The molecular formula is C21H22FN3O3. The Kier molecular flexibility index (Phi) is 6.03. The number of amides is 3. The predicted octanol–water partition coefficient (Wildman–Crippen LogP) is 1.62. The van der Waals surface area contributed by atoms with E-state index >= 15 is 0 Å². The van der Waals surface area contributed by atoms with Crippen LogP contribution in [0.25, 0.3) is 0 Å². The Hall–Kier alpha value is -3.22. The quantitative estimate of drug-likeness (QED) is 0.771. The summed E-state index contributed by atoms with van der Waals surface area (Å²) in [6.45, 7) is 3.08. The predicted molar refractivity (Wildman–Crippen MR) is 101 cm³/mol. The van der Waals surface area contributed by atoms with Crippen molar-refractivity contribution in [3.05, 3.63) is 71.0 Å². The molecule has 6 nitrogen and oxygen atoms in total. The molecule has 1 aliphatic heterocycles. The molecule has 146 valence electrons. The van der Waals surface area contributed by atoms with E-state index in [1.54, 1.807) is 12.1 Å². The number of hydrogen-bond donors (Lipinski definition) is 1. The maximum absolute atomic E-state index is 12.9. The van der Waals surface area contributed by atoms with Gasteiger partial charge in [-0.3, -0.25) is 14.4 Å². The van der Waals surface area contributed by atoms with Crippen LogP contribution < -0.4 is 5.32 Å². The molecule has 0 unspecified atom stereocenters. The summed E-state index contributed by atoms with van der Waals surface area (Å²) in [6.07, 6.45) is 0.